The van der Waals surface area contributed by atoms with Crippen LogP contribution in [0.4, 0.5) is 4.39 Å². The number of carbonyl (C=O) groups is 1. The molecule has 2 nitrogen and oxygen atoms in total. The second-order valence-electron chi connectivity index (χ2n) is 4.69. The van der Waals surface area contributed by atoms with E-state index < -0.39 is 0 Å². The molecular weight excluding hydrogens is 321 g/mol. The van der Waals surface area contributed by atoms with Gasteiger partial charge in [0.05, 0.1) is 4.47 Å². The fraction of sp³-hybridized carbons (Fsp3) is 0.188. The summed E-state index contributed by atoms with van der Waals surface area (Å²) in [7, 11) is 0. The Hall–Kier alpha value is -1.52. The van der Waals surface area contributed by atoms with Crippen molar-refractivity contribution in [2.45, 2.75) is 18.9 Å². The molecule has 0 radical (unpaired) electrons. The predicted molar refractivity (Wildman–Crippen MR) is 80.8 cm³/mol. The molecule has 0 heterocycles. The van der Waals surface area contributed by atoms with Crippen LogP contribution in [0.25, 0.3) is 0 Å². The van der Waals surface area contributed by atoms with Crippen molar-refractivity contribution in [1.29, 1.82) is 0 Å². The van der Waals surface area contributed by atoms with Crippen LogP contribution in [0.2, 0.25) is 0 Å². The fourth-order valence-electron chi connectivity index (χ4n) is 2.01. The van der Waals surface area contributed by atoms with Crippen LogP contribution in [0.5, 0.6) is 0 Å². The maximum atomic E-state index is 13.1. The molecule has 2 aromatic rings. The third-order valence-corrected chi connectivity index (χ3v) is 3.67. The summed E-state index contributed by atoms with van der Waals surface area (Å²) in [4.78, 5) is 12.0. The smallest absolute Gasteiger partial charge is 0.139 e. The minimum absolute atomic E-state index is 0.0415. The van der Waals surface area contributed by atoms with Gasteiger partial charge < -0.3 is 5.73 Å². The van der Waals surface area contributed by atoms with Crippen molar-refractivity contribution >= 4 is 21.7 Å². The summed E-state index contributed by atoms with van der Waals surface area (Å²) in [6.07, 6.45) is 0.540. The van der Waals surface area contributed by atoms with Crippen molar-refractivity contribution in [3.8, 4) is 0 Å². The van der Waals surface area contributed by atoms with E-state index in [1.807, 2.05) is 30.3 Å². The second kappa shape index (κ2) is 6.77. The van der Waals surface area contributed by atoms with Crippen molar-refractivity contribution in [3.63, 3.8) is 0 Å². The monoisotopic (exact) mass is 335 g/mol. The molecular formula is C16H15BrFNO. The minimum atomic E-state index is -0.331. The summed E-state index contributed by atoms with van der Waals surface area (Å²) >= 11 is 3.11. The lowest BCUT2D eigenvalue weighted by Crippen LogP contribution is -2.16. The van der Waals surface area contributed by atoms with Crippen molar-refractivity contribution in [3.05, 3.63) is 69.9 Å². The molecule has 0 fully saturated rings. The van der Waals surface area contributed by atoms with Crippen LogP contribution in [0.3, 0.4) is 0 Å². The molecule has 4 heteroatoms. The van der Waals surface area contributed by atoms with Crippen LogP contribution >= 0.6 is 15.9 Å². The number of hydrogen-bond donors (Lipinski definition) is 1. The highest BCUT2D eigenvalue weighted by Gasteiger charge is 2.12. The second-order valence-corrected chi connectivity index (χ2v) is 5.54. The van der Waals surface area contributed by atoms with Gasteiger partial charge in [0.2, 0.25) is 0 Å². The van der Waals surface area contributed by atoms with Gasteiger partial charge in [-0.25, -0.2) is 4.39 Å². The first-order valence-electron chi connectivity index (χ1n) is 6.32. The highest BCUT2D eigenvalue weighted by molar-refractivity contribution is 9.10. The van der Waals surface area contributed by atoms with E-state index in [2.05, 4.69) is 15.9 Å². The zero-order chi connectivity index (χ0) is 14.5. The maximum absolute atomic E-state index is 13.1. The predicted octanol–water partition coefficient (Wildman–Crippen LogP) is 3.79. The van der Waals surface area contributed by atoms with Crippen molar-refractivity contribution in [2.24, 2.45) is 5.73 Å². The van der Waals surface area contributed by atoms with Crippen LogP contribution in [0.1, 0.15) is 23.6 Å². The molecule has 104 valence electrons. The first-order valence-corrected chi connectivity index (χ1v) is 7.11. The van der Waals surface area contributed by atoms with Gasteiger partial charge in [-0.1, -0.05) is 36.4 Å². The molecule has 2 rings (SSSR count). The van der Waals surface area contributed by atoms with Gasteiger partial charge in [-0.3, -0.25) is 4.79 Å². The summed E-state index contributed by atoms with van der Waals surface area (Å²) in [5.74, 6) is -0.290. The number of ketones is 1. The molecule has 2 aromatic carbocycles. The molecule has 1 unspecified atom stereocenters. The van der Waals surface area contributed by atoms with Gasteiger partial charge in [0.1, 0.15) is 11.6 Å². The molecule has 0 bridgehead atoms. The summed E-state index contributed by atoms with van der Waals surface area (Å²) in [6.45, 7) is 0. The summed E-state index contributed by atoms with van der Waals surface area (Å²) in [5.41, 5.74) is 7.74. The number of halogens is 2. The first-order chi connectivity index (χ1) is 9.56. The standard InChI is InChI=1S/C16H15BrFNO/c17-14-9-11(6-7-15(14)18)8-13(20)10-16(19)12-4-2-1-3-5-12/h1-7,9,16H,8,10,19H2. The molecule has 0 aliphatic rings. The Kier molecular flexibility index (Phi) is 5.04. The van der Waals surface area contributed by atoms with E-state index in [1.54, 1.807) is 12.1 Å². The Morgan fingerprint density at radius 2 is 1.90 bits per heavy atom. The van der Waals surface area contributed by atoms with Crippen LogP contribution in [-0.4, -0.2) is 5.78 Å². The van der Waals surface area contributed by atoms with E-state index in [9.17, 15) is 9.18 Å². The summed E-state index contributed by atoms with van der Waals surface area (Å²) in [5, 5.41) is 0. The third kappa shape index (κ3) is 3.99. The molecule has 0 saturated heterocycles. The average Bonchev–Trinajstić information content (AvgIpc) is 2.44. The fourth-order valence-corrected chi connectivity index (χ4v) is 2.44. The van der Waals surface area contributed by atoms with Crippen LogP contribution in [-0.2, 0) is 11.2 Å². The average molecular weight is 336 g/mol. The Morgan fingerprint density at radius 1 is 1.20 bits per heavy atom. The molecule has 0 aliphatic carbocycles. The lowest BCUT2D eigenvalue weighted by atomic mass is 9.99. The van der Waals surface area contributed by atoms with Crippen molar-refractivity contribution < 1.29 is 9.18 Å². The molecule has 1 atom stereocenters. The van der Waals surface area contributed by atoms with E-state index >= 15 is 0 Å². The minimum Gasteiger partial charge on any atom is -0.324 e. The van der Waals surface area contributed by atoms with Crippen LogP contribution in [0, 0.1) is 5.82 Å². The zero-order valence-electron chi connectivity index (χ0n) is 10.9. The Balaban J connectivity index is 1.97. The number of rotatable bonds is 5. The highest BCUT2D eigenvalue weighted by Crippen LogP contribution is 2.19. The maximum Gasteiger partial charge on any atom is 0.139 e. The topological polar surface area (TPSA) is 43.1 Å². The molecule has 0 aromatic heterocycles. The molecule has 2 N–H and O–H groups in total. The van der Waals surface area contributed by atoms with E-state index in [4.69, 9.17) is 5.73 Å². The van der Waals surface area contributed by atoms with Gasteiger partial charge in [-0.05, 0) is 39.2 Å². The van der Waals surface area contributed by atoms with Gasteiger partial charge in [0.15, 0.2) is 0 Å². The largest absolute Gasteiger partial charge is 0.324 e. The van der Waals surface area contributed by atoms with E-state index in [0.29, 0.717) is 4.47 Å². The van der Waals surface area contributed by atoms with E-state index in [1.165, 1.54) is 6.07 Å². The number of Topliss-reactive ketones (excluding diaryl/α,β-unsaturated/α-hetero) is 1. The molecule has 0 spiro atoms. The number of hydrogen-bond acceptors (Lipinski definition) is 2. The molecule has 0 amide bonds. The quantitative estimate of drug-likeness (QED) is 0.903. The SMILES string of the molecule is NC(CC(=O)Cc1ccc(F)c(Br)c1)c1ccccc1. The number of benzene rings is 2. The lowest BCUT2D eigenvalue weighted by molar-refractivity contribution is -0.118. The van der Waals surface area contributed by atoms with Gasteiger partial charge in [-0.15, -0.1) is 0 Å². The number of nitrogens with two attached hydrogens (primary N) is 1. The third-order valence-electron chi connectivity index (χ3n) is 3.06. The molecule has 20 heavy (non-hydrogen) atoms. The van der Waals surface area contributed by atoms with Gasteiger partial charge in [0, 0.05) is 18.9 Å². The Morgan fingerprint density at radius 3 is 2.55 bits per heavy atom. The van der Waals surface area contributed by atoms with Gasteiger partial charge in [-0.2, -0.15) is 0 Å². The Labute approximate surface area is 125 Å². The Bertz CT molecular complexity index is 601. The molecule has 0 aliphatic heterocycles. The van der Waals surface area contributed by atoms with E-state index in [0.717, 1.165) is 11.1 Å². The normalized spacial score (nSPS) is 12.2. The van der Waals surface area contributed by atoms with Crippen molar-refractivity contribution in [2.75, 3.05) is 0 Å². The van der Waals surface area contributed by atoms with E-state index in [-0.39, 0.29) is 30.5 Å². The first kappa shape index (κ1) is 14.9. The van der Waals surface area contributed by atoms with Gasteiger partial charge in [0.25, 0.3) is 0 Å². The van der Waals surface area contributed by atoms with Gasteiger partial charge >= 0.3 is 0 Å². The molecule has 0 saturated carbocycles. The zero-order valence-corrected chi connectivity index (χ0v) is 12.4. The summed E-state index contributed by atoms with van der Waals surface area (Å²) in [6, 6.07) is 13.8. The van der Waals surface area contributed by atoms with Crippen LogP contribution in [0.15, 0.2) is 53.0 Å². The number of carbonyl (C=O) groups excluding carboxylic acids is 1. The van der Waals surface area contributed by atoms with Crippen molar-refractivity contribution in [1.82, 2.24) is 0 Å². The highest BCUT2D eigenvalue weighted by atomic mass is 79.9. The summed E-state index contributed by atoms with van der Waals surface area (Å²) < 4.78 is 13.5. The van der Waals surface area contributed by atoms with Crippen LogP contribution < -0.4 is 5.73 Å². The lowest BCUT2D eigenvalue weighted by Gasteiger charge is -2.11.